The zero-order chi connectivity index (χ0) is 11.9. The molecule has 0 aromatic carbocycles. The van der Waals surface area contributed by atoms with Crippen molar-refractivity contribution in [1.82, 2.24) is 4.31 Å². The van der Waals surface area contributed by atoms with E-state index in [0.717, 1.165) is 0 Å². The van der Waals surface area contributed by atoms with Crippen molar-refractivity contribution in [3.05, 3.63) is 0 Å². The first-order chi connectivity index (χ1) is 6.66. The molecule has 0 spiro atoms. The third-order valence-electron chi connectivity index (χ3n) is 2.75. The largest absolute Gasteiger partial charge is 0.299 e. The molecule has 0 saturated carbocycles. The molecule has 0 aromatic heterocycles. The van der Waals surface area contributed by atoms with Gasteiger partial charge in [-0.1, -0.05) is 6.92 Å². The number of nitrogens with zero attached hydrogens (tertiary/aromatic N) is 1. The molecule has 1 atom stereocenters. The fourth-order valence-corrected chi connectivity index (χ4v) is 3.11. The van der Waals surface area contributed by atoms with Crippen LogP contribution in [0.2, 0.25) is 0 Å². The lowest BCUT2D eigenvalue weighted by Gasteiger charge is -2.34. The van der Waals surface area contributed by atoms with Crippen molar-refractivity contribution in [2.45, 2.75) is 38.9 Å². The van der Waals surface area contributed by atoms with Gasteiger partial charge in [-0.25, -0.2) is 12.7 Å². The lowest BCUT2D eigenvalue weighted by Crippen LogP contribution is -2.49. The molecule has 0 aliphatic carbocycles. The highest BCUT2D eigenvalue weighted by atomic mass is 32.2. The van der Waals surface area contributed by atoms with Gasteiger partial charge in [-0.3, -0.25) is 4.79 Å². The SMILES string of the molecule is CC1CN(S(=O)(=O)C(C)(C)C)CCC1=O. The number of Topliss-reactive ketones (excluding diaryl/α,β-unsaturated/α-hetero) is 1. The summed E-state index contributed by atoms with van der Waals surface area (Å²) in [6.45, 7) is 7.50. The third-order valence-corrected chi connectivity index (χ3v) is 5.31. The molecular formula is C10H19NO3S. The molecule has 1 aliphatic heterocycles. The minimum Gasteiger partial charge on any atom is -0.299 e. The number of hydrogen-bond acceptors (Lipinski definition) is 3. The molecule has 1 aliphatic rings. The highest BCUT2D eigenvalue weighted by Gasteiger charge is 2.38. The van der Waals surface area contributed by atoms with Crippen molar-refractivity contribution in [2.75, 3.05) is 13.1 Å². The zero-order valence-electron chi connectivity index (χ0n) is 9.78. The van der Waals surface area contributed by atoms with Crippen LogP contribution in [-0.4, -0.2) is 36.3 Å². The molecule has 1 unspecified atom stereocenters. The predicted molar refractivity (Wildman–Crippen MR) is 59.0 cm³/mol. The van der Waals surface area contributed by atoms with Crippen molar-refractivity contribution in [2.24, 2.45) is 5.92 Å². The number of carbonyl (C=O) groups is 1. The molecule has 0 radical (unpaired) electrons. The second-order valence-corrected chi connectivity index (χ2v) is 7.78. The van der Waals surface area contributed by atoms with Gasteiger partial charge in [-0.2, -0.15) is 0 Å². The summed E-state index contributed by atoms with van der Waals surface area (Å²) in [7, 11) is -3.27. The molecule has 1 saturated heterocycles. The predicted octanol–water partition coefficient (Wildman–Crippen LogP) is 1.03. The van der Waals surface area contributed by atoms with Crippen LogP contribution in [-0.2, 0) is 14.8 Å². The minimum atomic E-state index is -3.27. The second kappa shape index (κ2) is 3.87. The molecule has 0 aromatic rings. The molecule has 0 bridgehead atoms. The average Bonchev–Trinajstić information content (AvgIpc) is 2.07. The zero-order valence-corrected chi connectivity index (χ0v) is 10.6. The first kappa shape index (κ1) is 12.6. The van der Waals surface area contributed by atoms with Crippen LogP contribution in [0.3, 0.4) is 0 Å². The van der Waals surface area contributed by atoms with Crippen LogP contribution >= 0.6 is 0 Å². The van der Waals surface area contributed by atoms with Gasteiger partial charge in [-0.15, -0.1) is 0 Å². The molecule has 1 rings (SSSR count). The number of sulfonamides is 1. The van der Waals surface area contributed by atoms with Gasteiger partial charge < -0.3 is 0 Å². The average molecular weight is 233 g/mol. The number of ketones is 1. The van der Waals surface area contributed by atoms with E-state index in [9.17, 15) is 13.2 Å². The van der Waals surface area contributed by atoms with Crippen LogP contribution in [0.4, 0.5) is 0 Å². The Morgan fingerprint density at radius 2 is 1.87 bits per heavy atom. The fraction of sp³-hybridized carbons (Fsp3) is 0.900. The molecule has 4 nitrogen and oxygen atoms in total. The Morgan fingerprint density at radius 3 is 2.27 bits per heavy atom. The summed E-state index contributed by atoms with van der Waals surface area (Å²) < 4.78 is 24.8. The van der Waals surface area contributed by atoms with Gasteiger partial charge in [0.2, 0.25) is 10.0 Å². The monoisotopic (exact) mass is 233 g/mol. The number of piperidine rings is 1. The molecular weight excluding hydrogens is 214 g/mol. The second-order valence-electron chi connectivity index (χ2n) is 5.09. The minimum absolute atomic E-state index is 0.162. The van der Waals surface area contributed by atoms with Gasteiger partial charge in [-0.05, 0) is 20.8 Å². The molecule has 1 heterocycles. The van der Waals surface area contributed by atoms with Crippen molar-refractivity contribution < 1.29 is 13.2 Å². The standard InChI is InChI=1S/C10H19NO3S/c1-8-7-11(6-5-9(8)12)15(13,14)10(2,3)4/h8H,5-7H2,1-4H3. The van der Waals surface area contributed by atoms with E-state index >= 15 is 0 Å². The summed E-state index contributed by atoms with van der Waals surface area (Å²) in [6.07, 6.45) is 0.344. The molecule has 15 heavy (non-hydrogen) atoms. The lowest BCUT2D eigenvalue weighted by molar-refractivity contribution is -0.124. The summed E-state index contributed by atoms with van der Waals surface area (Å²) in [5.41, 5.74) is 0. The summed E-state index contributed by atoms with van der Waals surface area (Å²) in [6, 6.07) is 0. The first-order valence-electron chi connectivity index (χ1n) is 5.18. The molecule has 5 heteroatoms. The quantitative estimate of drug-likeness (QED) is 0.679. The van der Waals surface area contributed by atoms with Gasteiger partial charge in [0.1, 0.15) is 5.78 Å². The Bertz CT molecular complexity index is 353. The van der Waals surface area contributed by atoms with Gasteiger partial charge in [0.05, 0.1) is 4.75 Å². The van der Waals surface area contributed by atoms with Crippen LogP contribution < -0.4 is 0 Å². The van der Waals surface area contributed by atoms with Crippen molar-refractivity contribution in [3.63, 3.8) is 0 Å². The Kier molecular flexibility index (Phi) is 3.26. The van der Waals surface area contributed by atoms with E-state index in [0.29, 0.717) is 19.5 Å². The van der Waals surface area contributed by atoms with Crippen LogP contribution in [0.15, 0.2) is 0 Å². The molecule has 1 fully saturated rings. The fourth-order valence-electron chi connectivity index (χ4n) is 1.59. The Morgan fingerprint density at radius 1 is 1.33 bits per heavy atom. The smallest absolute Gasteiger partial charge is 0.219 e. The van der Waals surface area contributed by atoms with E-state index in [1.807, 2.05) is 0 Å². The van der Waals surface area contributed by atoms with Gasteiger partial charge in [0.15, 0.2) is 0 Å². The number of hydrogen-bond donors (Lipinski definition) is 0. The summed E-state index contributed by atoms with van der Waals surface area (Å²) in [4.78, 5) is 11.3. The highest BCUT2D eigenvalue weighted by Crippen LogP contribution is 2.24. The van der Waals surface area contributed by atoms with Crippen LogP contribution in [0.1, 0.15) is 34.1 Å². The first-order valence-corrected chi connectivity index (χ1v) is 6.62. The van der Waals surface area contributed by atoms with Crippen LogP contribution in [0.5, 0.6) is 0 Å². The normalized spacial score (nSPS) is 25.6. The lowest BCUT2D eigenvalue weighted by atomic mass is 10.0. The topological polar surface area (TPSA) is 54.5 Å². The molecule has 0 amide bonds. The van der Waals surface area contributed by atoms with E-state index in [2.05, 4.69) is 0 Å². The van der Waals surface area contributed by atoms with E-state index in [4.69, 9.17) is 0 Å². The maximum absolute atomic E-state index is 12.1. The molecule has 88 valence electrons. The Labute approximate surface area is 91.7 Å². The van der Waals surface area contributed by atoms with Crippen molar-refractivity contribution >= 4 is 15.8 Å². The van der Waals surface area contributed by atoms with E-state index in [1.54, 1.807) is 27.7 Å². The Hall–Kier alpha value is -0.420. The van der Waals surface area contributed by atoms with Crippen LogP contribution in [0, 0.1) is 5.92 Å². The maximum atomic E-state index is 12.1. The Balaban J connectivity index is 2.88. The van der Waals surface area contributed by atoms with Gasteiger partial charge in [0, 0.05) is 25.4 Å². The van der Waals surface area contributed by atoms with E-state index < -0.39 is 14.8 Å². The summed E-state index contributed by atoms with van der Waals surface area (Å²) in [5, 5.41) is 0. The van der Waals surface area contributed by atoms with Crippen molar-refractivity contribution in [1.29, 1.82) is 0 Å². The summed E-state index contributed by atoms with van der Waals surface area (Å²) >= 11 is 0. The van der Waals surface area contributed by atoms with Gasteiger partial charge in [0.25, 0.3) is 0 Å². The van der Waals surface area contributed by atoms with Gasteiger partial charge >= 0.3 is 0 Å². The summed E-state index contributed by atoms with van der Waals surface area (Å²) in [5.74, 6) is -0.00812. The van der Waals surface area contributed by atoms with E-state index in [1.165, 1.54) is 4.31 Å². The maximum Gasteiger partial charge on any atom is 0.219 e. The molecule has 0 N–H and O–H groups in total. The van der Waals surface area contributed by atoms with Crippen molar-refractivity contribution in [3.8, 4) is 0 Å². The van der Waals surface area contributed by atoms with Crippen LogP contribution in [0.25, 0.3) is 0 Å². The van der Waals surface area contributed by atoms with E-state index in [-0.39, 0.29) is 11.7 Å². The number of carbonyl (C=O) groups excluding carboxylic acids is 1. The highest BCUT2D eigenvalue weighted by molar-refractivity contribution is 7.90. The number of rotatable bonds is 1. The third kappa shape index (κ3) is 2.39.